The van der Waals surface area contributed by atoms with Gasteiger partial charge in [0.05, 0.1) is 20.8 Å². The highest BCUT2D eigenvalue weighted by Crippen LogP contribution is 2.34. The first kappa shape index (κ1) is 10.7. The molecule has 3 heteroatoms. The van der Waals surface area contributed by atoms with Gasteiger partial charge in [-0.3, -0.25) is 0 Å². The van der Waals surface area contributed by atoms with E-state index in [-0.39, 0.29) is 0 Å². The molecule has 14 heavy (non-hydrogen) atoms. The van der Waals surface area contributed by atoms with E-state index in [1.807, 2.05) is 26.0 Å². The Hall–Kier alpha value is -1.38. The molecule has 78 valence electrons. The third kappa shape index (κ3) is 2.10. The molecule has 0 saturated heterocycles. The first-order chi connectivity index (χ1) is 6.72. The fourth-order valence-corrected chi connectivity index (χ4v) is 1.27. The van der Waals surface area contributed by atoms with E-state index in [1.54, 1.807) is 14.2 Å². The highest BCUT2D eigenvalue weighted by Gasteiger charge is 2.08. The van der Waals surface area contributed by atoms with E-state index in [0.717, 1.165) is 17.1 Å². The van der Waals surface area contributed by atoms with Crippen LogP contribution in [-0.2, 0) is 0 Å². The Morgan fingerprint density at radius 1 is 1.00 bits per heavy atom. The standard InChI is InChI=1S/C11H16O3/c1-5-14-9-7-11(13-4)10(12-3)6-8(9)2/h6-7H,5H2,1-4H3. The molecule has 1 aromatic rings. The molecular weight excluding hydrogens is 180 g/mol. The van der Waals surface area contributed by atoms with Gasteiger partial charge in [-0.25, -0.2) is 0 Å². The van der Waals surface area contributed by atoms with Crippen LogP contribution in [0.15, 0.2) is 12.1 Å². The maximum absolute atomic E-state index is 5.44. The van der Waals surface area contributed by atoms with Gasteiger partial charge in [0.2, 0.25) is 0 Å². The third-order valence-electron chi connectivity index (χ3n) is 1.98. The van der Waals surface area contributed by atoms with Crippen LogP contribution in [0.1, 0.15) is 12.5 Å². The van der Waals surface area contributed by atoms with Crippen LogP contribution in [-0.4, -0.2) is 20.8 Å². The molecule has 0 bridgehead atoms. The summed E-state index contributed by atoms with van der Waals surface area (Å²) in [6.45, 7) is 4.58. The predicted octanol–water partition coefficient (Wildman–Crippen LogP) is 2.41. The smallest absolute Gasteiger partial charge is 0.164 e. The van der Waals surface area contributed by atoms with E-state index < -0.39 is 0 Å². The molecule has 0 aromatic heterocycles. The lowest BCUT2D eigenvalue weighted by molar-refractivity contribution is 0.325. The number of hydrogen-bond donors (Lipinski definition) is 0. The summed E-state index contributed by atoms with van der Waals surface area (Å²) in [4.78, 5) is 0. The average Bonchev–Trinajstić information content (AvgIpc) is 2.20. The predicted molar refractivity (Wildman–Crippen MR) is 55.5 cm³/mol. The molecule has 0 aliphatic heterocycles. The van der Waals surface area contributed by atoms with Crippen molar-refractivity contribution in [3.63, 3.8) is 0 Å². The monoisotopic (exact) mass is 196 g/mol. The number of benzene rings is 1. The normalized spacial score (nSPS) is 9.71. The van der Waals surface area contributed by atoms with Crippen molar-refractivity contribution >= 4 is 0 Å². The summed E-state index contributed by atoms with van der Waals surface area (Å²) in [6.07, 6.45) is 0. The van der Waals surface area contributed by atoms with Crippen molar-refractivity contribution in [3.8, 4) is 17.2 Å². The van der Waals surface area contributed by atoms with Crippen molar-refractivity contribution in [2.75, 3.05) is 20.8 Å². The number of rotatable bonds is 4. The molecule has 1 rings (SSSR count). The van der Waals surface area contributed by atoms with Gasteiger partial charge in [0.25, 0.3) is 0 Å². The topological polar surface area (TPSA) is 27.7 Å². The number of aryl methyl sites for hydroxylation is 1. The fourth-order valence-electron chi connectivity index (χ4n) is 1.27. The molecule has 0 amide bonds. The highest BCUT2D eigenvalue weighted by molar-refractivity contribution is 5.50. The summed E-state index contributed by atoms with van der Waals surface area (Å²) in [6, 6.07) is 3.75. The summed E-state index contributed by atoms with van der Waals surface area (Å²) in [5.74, 6) is 2.26. The first-order valence-electron chi connectivity index (χ1n) is 4.58. The Labute approximate surface area is 84.6 Å². The van der Waals surface area contributed by atoms with Crippen LogP contribution in [0.3, 0.4) is 0 Å². The minimum atomic E-state index is 0.649. The largest absolute Gasteiger partial charge is 0.493 e. The van der Waals surface area contributed by atoms with E-state index in [2.05, 4.69) is 0 Å². The quantitative estimate of drug-likeness (QED) is 0.740. The van der Waals surface area contributed by atoms with Gasteiger partial charge in [0.15, 0.2) is 11.5 Å². The number of hydrogen-bond acceptors (Lipinski definition) is 3. The zero-order valence-corrected chi connectivity index (χ0v) is 9.09. The molecule has 0 saturated carbocycles. The van der Waals surface area contributed by atoms with Crippen LogP contribution in [0.5, 0.6) is 17.2 Å². The molecule has 0 atom stereocenters. The molecule has 1 aromatic carbocycles. The summed E-state index contributed by atoms with van der Waals surface area (Å²) in [7, 11) is 3.24. The molecule has 0 aliphatic carbocycles. The minimum absolute atomic E-state index is 0.649. The second-order valence-corrected chi connectivity index (χ2v) is 2.91. The van der Waals surface area contributed by atoms with Crippen molar-refractivity contribution < 1.29 is 14.2 Å². The molecule has 0 fully saturated rings. The van der Waals surface area contributed by atoms with Gasteiger partial charge in [-0.05, 0) is 25.5 Å². The maximum Gasteiger partial charge on any atom is 0.164 e. The van der Waals surface area contributed by atoms with Gasteiger partial charge in [-0.1, -0.05) is 0 Å². The second-order valence-electron chi connectivity index (χ2n) is 2.91. The van der Waals surface area contributed by atoms with Gasteiger partial charge < -0.3 is 14.2 Å². The molecule has 0 unspecified atom stereocenters. The first-order valence-corrected chi connectivity index (χ1v) is 4.58. The van der Waals surface area contributed by atoms with Crippen molar-refractivity contribution in [2.45, 2.75) is 13.8 Å². The molecule has 0 heterocycles. The molecule has 0 aliphatic rings. The summed E-state index contributed by atoms with van der Waals surface area (Å²) in [5, 5.41) is 0. The van der Waals surface area contributed by atoms with Gasteiger partial charge in [0, 0.05) is 6.07 Å². The van der Waals surface area contributed by atoms with Crippen molar-refractivity contribution in [2.24, 2.45) is 0 Å². The summed E-state index contributed by atoms with van der Waals surface area (Å²) < 4.78 is 15.8. The molecule has 0 N–H and O–H groups in total. The lowest BCUT2D eigenvalue weighted by atomic mass is 10.2. The lowest BCUT2D eigenvalue weighted by Gasteiger charge is -2.12. The Bertz CT molecular complexity index is 308. The van der Waals surface area contributed by atoms with Crippen LogP contribution in [0, 0.1) is 6.92 Å². The van der Waals surface area contributed by atoms with Crippen LogP contribution in [0.2, 0.25) is 0 Å². The Morgan fingerprint density at radius 2 is 1.57 bits per heavy atom. The SMILES string of the molecule is CCOc1cc(OC)c(OC)cc1C. The fraction of sp³-hybridized carbons (Fsp3) is 0.455. The average molecular weight is 196 g/mol. The molecule has 0 spiro atoms. The van der Waals surface area contributed by atoms with Crippen molar-refractivity contribution in [1.29, 1.82) is 0 Å². The Kier molecular flexibility index (Phi) is 3.63. The second kappa shape index (κ2) is 4.74. The maximum atomic E-state index is 5.44. The van der Waals surface area contributed by atoms with Gasteiger partial charge in [0.1, 0.15) is 5.75 Å². The highest BCUT2D eigenvalue weighted by atomic mass is 16.5. The lowest BCUT2D eigenvalue weighted by Crippen LogP contribution is -1.97. The van der Waals surface area contributed by atoms with Crippen LogP contribution in [0.4, 0.5) is 0 Å². The van der Waals surface area contributed by atoms with Crippen LogP contribution in [0.25, 0.3) is 0 Å². The van der Waals surface area contributed by atoms with Gasteiger partial charge in [-0.15, -0.1) is 0 Å². The zero-order valence-electron chi connectivity index (χ0n) is 9.09. The zero-order chi connectivity index (χ0) is 10.6. The van der Waals surface area contributed by atoms with E-state index in [4.69, 9.17) is 14.2 Å². The number of methoxy groups -OCH3 is 2. The molecule has 0 radical (unpaired) electrons. The van der Waals surface area contributed by atoms with E-state index in [1.165, 1.54) is 0 Å². The minimum Gasteiger partial charge on any atom is -0.493 e. The summed E-state index contributed by atoms with van der Waals surface area (Å²) in [5.41, 5.74) is 1.05. The van der Waals surface area contributed by atoms with Gasteiger partial charge >= 0.3 is 0 Å². The van der Waals surface area contributed by atoms with Crippen LogP contribution < -0.4 is 14.2 Å². The van der Waals surface area contributed by atoms with Crippen molar-refractivity contribution in [1.82, 2.24) is 0 Å². The number of ether oxygens (including phenoxy) is 3. The van der Waals surface area contributed by atoms with E-state index in [9.17, 15) is 0 Å². The van der Waals surface area contributed by atoms with E-state index >= 15 is 0 Å². The molecular formula is C11H16O3. The Balaban J connectivity index is 3.09. The van der Waals surface area contributed by atoms with E-state index in [0.29, 0.717) is 12.4 Å². The van der Waals surface area contributed by atoms with Crippen molar-refractivity contribution in [3.05, 3.63) is 17.7 Å². The van der Waals surface area contributed by atoms with Gasteiger partial charge in [-0.2, -0.15) is 0 Å². The molecule has 3 nitrogen and oxygen atoms in total. The summed E-state index contributed by atoms with van der Waals surface area (Å²) >= 11 is 0. The third-order valence-corrected chi connectivity index (χ3v) is 1.98. The van der Waals surface area contributed by atoms with Crippen LogP contribution >= 0.6 is 0 Å². The Morgan fingerprint density at radius 3 is 2.07 bits per heavy atom.